The standard InChI is InChI=1S/C15H15Cl2NO2/c1-8-5-6-9-10(7-8)15(20)18(14(9)19)12-4-2-3-11(16)13(12)17/h2-4,8-10H,5-7H2,1H3/t8-,9-,10-/m1/s1. The quantitative estimate of drug-likeness (QED) is 0.737. The number of hydrogen-bond acceptors (Lipinski definition) is 2. The van der Waals surface area contributed by atoms with Crippen molar-refractivity contribution in [1.82, 2.24) is 0 Å². The fraction of sp³-hybridized carbons (Fsp3) is 0.467. The molecule has 0 spiro atoms. The Morgan fingerprint density at radius 2 is 1.80 bits per heavy atom. The van der Waals surface area contributed by atoms with Crippen LogP contribution in [0.25, 0.3) is 0 Å². The highest BCUT2D eigenvalue weighted by molar-refractivity contribution is 6.44. The van der Waals surface area contributed by atoms with Crippen molar-refractivity contribution < 1.29 is 9.59 Å². The number of halogens is 2. The van der Waals surface area contributed by atoms with E-state index in [1.54, 1.807) is 18.2 Å². The predicted octanol–water partition coefficient (Wildman–Crippen LogP) is 3.92. The van der Waals surface area contributed by atoms with E-state index in [-0.39, 0.29) is 28.7 Å². The van der Waals surface area contributed by atoms with Crippen molar-refractivity contribution in [3.05, 3.63) is 28.2 Å². The van der Waals surface area contributed by atoms with Gasteiger partial charge in [-0.15, -0.1) is 0 Å². The Hall–Kier alpha value is -1.06. The molecule has 2 fully saturated rings. The third-order valence-electron chi connectivity index (χ3n) is 4.36. The van der Waals surface area contributed by atoms with Gasteiger partial charge in [-0.3, -0.25) is 9.59 Å². The second-order valence-corrected chi connectivity index (χ2v) is 6.50. The first-order chi connectivity index (χ1) is 9.50. The van der Waals surface area contributed by atoms with E-state index in [1.807, 2.05) is 0 Å². The summed E-state index contributed by atoms with van der Waals surface area (Å²) in [5.41, 5.74) is 0.413. The molecule has 1 heterocycles. The van der Waals surface area contributed by atoms with E-state index in [0.29, 0.717) is 16.6 Å². The van der Waals surface area contributed by atoms with E-state index in [9.17, 15) is 9.59 Å². The van der Waals surface area contributed by atoms with Crippen LogP contribution in [0.1, 0.15) is 26.2 Å². The molecule has 1 aromatic rings. The van der Waals surface area contributed by atoms with Gasteiger partial charge in [0.1, 0.15) is 0 Å². The van der Waals surface area contributed by atoms with Crippen LogP contribution >= 0.6 is 23.2 Å². The predicted molar refractivity (Wildman–Crippen MR) is 79.0 cm³/mol. The molecule has 5 heteroatoms. The molecule has 0 N–H and O–H groups in total. The van der Waals surface area contributed by atoms with Crippen LogP contribution in [0, 0.1) is 17.8 Å². The van der Waals surface area contributed by atoms with Crippen LogP contribution in [-0.2, 0) is 9.59 Å². The second-order valence-electron chi connectivity index (χ2n) is 5.72. The average molecular weight is 312 g/mol. The number of rotatable bonds is 1. The summed E-state index contributed by atoms with van der Waals surface area (Å²) in [6.45, 7) is 2.13. The molecule has 1 saturated carbocycles. The number of fused-ring (bicyclic) bond motifs is 1. The largest absolute Gasteiger partial charge is 0.274 e. The van der Waals surface area contributed by atoms with Crippen LogP contribution in [0.3, 0.4) is 0 Å². The summed E-state index contributed by atoms with van der Waals surface area (Å²) in [5.74, 6) is -0.149. The lowest BCUT2D eigenvalue weighted by molar-refractivity contribution is -0.122. The third-order valence-corrected chi connectivity index (χ3v) is 5.17. The number of imide groups is 1. The SMILES string of the molecule is C[C@@H]1CC[C@H]2C(=O)N(c3cccc(Cl)c3Cl)C(=O)[C@@H]2C1. The van der Waals surface area contributed by atoms with Crippen molar-refractivity contribution in [2.24, 2.45) is 17.8 Å². The van der Waals surface area contributed by atoms with Gasteiger partial charge in [-0.25, -0.2) is 4.90 Å². The van der Waals surface area contributed by atoms with Crippen LogP contribution in [0.15, 0.2) is 18.2 Å². The van der Waals surface area contributed by atoms with Gasteiger partial charge in [0.15, 0.2) is 0 Å². The topological polar surface area (TPSA) is 37.4 Å². The van der Waals surface area contributed by atoms with Gasteiger partial charge in [0, 0.05) is 0 Å². The van der Waals surface area contributed by atoms with Crippen molar-refractivity contribution in [3.63, 3.8) is 0 Å². The van der Waals surface area contributed by atoms with Crippen LogP contribution in [0.5, 0.6) is 0 Å². The van der Waals surface area contributed by atoms with E-state index < -0.39 is 0 Å². The minimum Gasteiger partial charge on any atom is -0.274 e. The molecule has 1 aromatic carbocycles. The zero-order valence-corrected chi connectivity index (χ0v) is 12.6. The summed E-state index contributed by atoms with van der Waals surface area (Å²) < 4.78 is 0. The fourth-order valence-electron chi connectivity index (χ4n) is 3.29. The number of hydrogen-bond donors (Lipinski definition) is 0. The Morgan fingerprint density at radius 3 is 2.55 bits per heavy atom. The number of carbonyl (C=O) groups is 2. The highest BCUT2D eigenvalue weighted by Gasteiger charge is 2.50. The zero-order chi connectivity index (χ0) is 14.4. The van der Waals surface area contributed by atoms with Crippen molar-refractivity contribution in [2.75, 3.05) is 4.90 Å². The Morgan fingerprint density at radius 1 is 1.10 bits per heavy atom. The molecular weight excluding hydrogens is 297 g/mol. The van der Waals surface area contributed by atoms with Gasteiger partial charge in [0.25, 0.3) is 0 Å². The molecule has 2 aliphatic rings. The summed E-state index contributed by atoms with van der Waals surface area (Å²) in [5, 5.41) is 0.621. The fourth-order valence-corrected chi connectivity index (χ4v) is 3.67. The van der Waals surface area contributed by atoms with E-state index in [1.165, 1.54) is 4.90 Å². The summed E-state index contributed by atoms with van der Waals surface area (Å²) >= 11 is 12.1. The summed E-state index contributed by atoms with van der Waals surface area (Å²) in [7, 11) is 0. The highest BCUT2D eigenvalue weighted by Crippen LogP contribution is 2.44. The molecular formula is C15H15Cl2NO2. The first-order valence-corrected chi connectivity index (χ1v) is 7.58. The van der Waals surface area contributed by atoms with Crippen LogP contribution < -0.4 is 4.90 Å². The first kappa shape index (κ1) is 13.9. The number of amides is 2. The molecule has 0 radical (unpaired) electrons. The number of anilines is 1. The lowest BCUT2D eigenvalue weighted by atomic mass is 9.76. The summed E-state index contributed by atoms with van der Waals surface area (Å²) in [4.78, 5) is 26.3. The van der Waals surface area contributed by atoms with Crippen molar-refractivity contribution in [2.45, 2.75) is 26.2 Å². The molecule has 1 aliphatic carbocycles. The van der Waals surface area contributed by atoms with Crippen molar-refractivity contribution in [1.29, 1.82) is 0 Å². The van der Waals surface area contributed by atoms with Crippen molar-refractivity contribution in [3.8, 4) is 0 Å². The normalized spacial score (nSPS) is 29.8. The number of carbonyl (C=O) groups excluding carboxylic acids is 2. The molecule has 3 atom stereocenters. The molecule has 2 amide bonds. The molecule has 106 valence electrons. The maximum Gasteiger partial charge on any atom is 0.237 e. The Labute approximate surface area is 127 Å². The van der Waals surface area contributed by atoms with Gasteiger partial charge < -0.3 is 0 Å². The van der Waals surface area contributed by atoms with Gasteiger partial charge in [-0.05, 0) is 37.3 Å². The van der Waals surface area contributed by atoms with Gasteiger partial charge in [-0.2, -0.15) is 0 Å². The molecule has 0 bridgehead atoms. The Bertz CT molecular complexity index is 587. The number of nitrogens with zero attached hydrogens (tertiary/aromatic N) is 1. The van der Waals surface area contributed by atoms with Crippen molar-refractivity contribution >= 4 is 40.7 Å². The monoisotopic (exact) mass is 311 g/mol. The molecule has 20 heavy (non-hydrogen) atoms. The highest BCUT2D eigenvalue weighted by atomic mass is 35.5. The maximum atomic E-state index is 12.6. The van der Waals surface area contributed by atoms with E-state index >= 15 is 0 Å². The Kier molecular flexibility index (Phi) is 3.51. The average Bonchev–Trinajstić information content (AvgIpc) is 2.65. The van der Waals surface area contributed by atoms with Gasteiger partial charge in [0.05, 0.1) is 27.6 Å². The van der Waals surface area contributed by atoms with Crippen LogP contribution in [0.4, 0.5) is 5.69 Å². The second kappa shape index (κ2) is 5.05. The van der Waals surface area contributed by atoms with Gasteiger partial charge >= 0.3 is 0 Å². The van der Waals surface area contributed by atoms with E-state index in [4.69, 9.17) is 23.2 Å². The zero-order valence-electron chi connectivity index (χ0n) is 11.1. The van der Waals surface area contributed by atoms with Gasteiger partial charge in [0.2, 0.25) is 11.8 Å². The summed E-state index contributed by atoms with van der Waals surface area (Å²) in [6.07, 6.45) is 2.56. The molecule has 3 rings (SSSR count). The molecule has 0 unspecified atom stereocenters. The lowest BCUT2D eigenvalue weighted by Gasteiger charge is -2.25. The van der Waals surface area contributed by atoms with Gasteiger partial charge in [-0.1, -0.05) is 36.2 Å². The minimum atomic E-state index is -0.193. The minimum absolute atomic E-state index is 0.129. The Balaban J connectivity index is 2.00. The molecule has 1 saturated heterocycles. The number of benzene rings is 1. The molecule has 3 nitrogen and oxygen atoms in total. The lowest BCUT2D eigenvalue weighted by Crippen LogP contribution is -2.31. The van der Waals surface area contributed by atoms with Crippen LogP contribution in [-0.4, -0.2) is 11.8 Å². The van der Waals surface area contributed by atoms with E-state index in [0.717, 1.165) is 19.3 Å². The molecule has 0 aromatic heterocycles. The third kappa shape index (κ3) is 2.04. The van der Waals surface area contributed by atoms with E-state index in [2.05, 4.69) is 6.92 Å². The maximum absolute atomic E-state index is 12.6. The smallest absolute Gasteiger partial charge is 0.237 e. The van der Waals surface area contributed by atoms with Crippen LogP contribution in [0.2, 0.25) is 10.0 Å². The first-order valence-electron chi connectivity index (χ1n) is 6.82. The molecule has 1 aliphatic heterocycles. The summed E-state index contributed by atoms with van der Waals surface area (Å²) in [6, 6.07) is 5.02.